The quantitative estimate of drug-likeness (QED) is 0.0662. The molecule has 10 rings (SSSR count). The van der Waals surface area contributed by atoms with E-state index >= 15 is 0 Å². The summed E-state index contributed by atoms with van der Waals surface area (Å²) in [5, 5.41) is 23.5. The van der Waals surface area contributed by atoms with Gasteiger partial charge in [0, 0.05) is 41.6 Å². The molecule has 69 heavy (non-hydrogen) atoms. The Morgan fingerprint density at radius 1 is 0.870 bits per heavy atom. The first-order valence-corrected chi connectivity index (χ1v) is 24.6. The zero-order valence-electron chi connectivity index (χ0n) is 37.4. The van der Waals surface area contributed by atoms with Crippen molar-refractivity contribution in [2.24, 2.45) is 11.8 Å². The molecule has 4 aliphatic heterocycles. The molecule has 1 saturated carbocycles. The predicted molar refractivity (Wildman–Crippen MR) is 256 cm³/mol. The lowest BCUT2D eigenvalue weighted by Crippen LogP contribution is -2.55. The van der Waals surface area contributed by atoms with E-state index in [0.29, 0.717) is 22.0 Å². The first-order valence-electron chi connectivity index (χ1n) is 22.9. The van der Waals surface area contributed by atoms with E-state index in [0.717, 1.165) is 86.3 Å². The molecule has 1 aliphatic carbocycles. The number of alkyl halides is 2. The molecule has 5 aliphatic rings. The normalized spacial score (nSPS) is 21.2. The van der Waals surface area contributed by atoms with Crippen LogP contribution in [-0.4, -0.2) is 89.0 Å². The van der Waals surface area contributed by atoms with Crippen molar-refractivity contribution < 1.29 is 51.9 Å². The number of aromatic nitrogens is 1. The van der Waals surface area contributed by atoms with Gasteiger partial charge in [0.25, 0.3) is 5.91 Å². The molecular weight excluding hydrogens is 954 g/mol. The maximum absolute atomic E-state index is 14.6. The van der Waals surface area contributed by atoms with E-state index in [2.05, 4.69) is 4.90 Å². The number of carbonyl (C=O) groups is 3. The van der Waals surface area contributed by atoms with Crippen LogP contribution in [0.2, 0.25) is 10.0 Å². The van der Waals surface area contributed by atoms with E-state index in [1.807, 2.05) is 54.6 Å². The van der Waals surface area contributed by atoms with Crippen LogP contribution in [0.1, 0.15) is 64.2 Å². The number of anilines is 1. The highest BCUT2D eigenvalue weighted by Gasteiger charge is 2.57. The van der Waals surface area contributed by atoms with Crippen LogP contribution in [-0.2, 0) is 29.1 Å². The van der Waals surface area contributed by atoms with Crippen LogP contribution in [0.4, 0.5) is 19.3 Å². The molecule has 3 atom stereocenters. The zero-order valence-corrected chi connectivity index (χ0v) is 39.7. The summed E-state index contributed by atoms with van der Waals surface area (Å²) in [6.07, 6.45) is 5.39. The Morgan fingerprint density at radius 3 is 2.28 bits per heavy atom. The van der Waals surface area contributed by atoms with Gasteiger partial charge in [-0.15, -0.1) is 11.8 Å². The highest BCUT2D eigenvalue weighted by Crippen LogP contribution is 2.51. The van der Waals surface area contributed by atoms with Gasteiger partial charge >= 0.3 is 18.7 Å². The number of benzene rings is 4. The number of rotatable bonds is 18. The van der Waals surface area contributed by atoms with Crippen molar-refractivity contribution in [2.75, 3.05) is 43.4 Å². The molecule has 2 bridgehead atoms. The number of carboxylic acids is 1. The van der Waals surface area contributed by atoms with Gasteiger partial charge in [0.1, 0.15) is 28.5 Å². The van der Waals surface area contributed by atoms with Gasteiger partial charge in [0.05, 0.1) is 13.2 Å². The third kappa shape index (κ3) is 11.0. The van der Waals surface area contributed by atoms with E-state index in [1.54, 1.807) is 29.2 Å². The summed E-state index contributed by atoms with van der Waals surface area (Å²) in [5.74, 6) is -1.80. The van der Waals surface area contributed by atoms with Crippen LogP contribution < -0.4 is 23.8 Å². The minimum atomic E-state index is -3.15. The third-order valence-corrected chi connectivity index (χ3v) is 15.4. The van der Waals surface area contributed by atoms with Crippen molar-refractivity contribution in [2.45, 2.75) is 68.8 Å². The zero-order chi connectivity index (χ0) is 48.2. The molecule has 18 heteroatoms. The average Bonchev–Trinajstić information content (AvgIpc) is 4.07. The maximum Gasteiger partial charge on any atom is 0.414 e. The Bertz CT molecular complexity index is 2640. The highest BCUT2D eigenvalue weighted by atomic mass is 35.5. The molecule has 4 saturated heterocycles. The molecule has 2 amide bonds. The molecule has 1 N–H and O–H groups in total. The molecular formula is C51H50Cl2F2N4O9S. The summed E-state index contributed by atoms with van der Waals surface area (Å²) in [6, 6.07) is 27.8. The minimum Gasteiger partial charge on any atom is -0.619 e. The monoisotopic (exact) mass is 1000 g/mol. The molecule has 5 heterocycles. The fourth-order valence-electron chi connectivity index (χ4n) is 9.44. The second-order valence-electron chi connectivity index (χ2n) is 17.8. The first-order chi connectivity index (χ1) is 33.3. The van der Waals surface area contributed by atoms with Crippen LogP contribution in [0.25, 0.3) is 0 Å². The lowest BCUT2D eigenvalue weighted by atomic mass is 9.83. The first kappa shape index (κ1) is 48.2. The second-order valence-corrected chi connectivity index (χ2v) is 19.9. The Morgan fingerprint density at radius 2 is 1.61 bits per heavy atom. The standard InChI is InChI=1S/C51H50Cl2F2N4O9S/c52-42-27-57(64)28-43(53)40(42)25-41(37-15-16-44(67-49(54)55)45(24-37)66-31-32-9-10-32)51(48(61)62)59(21-22-69-51)47(60)36-13-11-33(12-14-36)30-65-39-8-4-5-34(23-39)26-58(38-6-2-1-3-7-38)50(63)68-46-29-56-19-17-35(46)18-20-56/h1-8,11-16,23-24,27-28,32,35,41,46,49H,9-10,17-22,25-26,29-31H2,(H,61,62)/t41-,46-,51-/m0/s1. The number of amides is 2. The van der Waals surface area contributed by atoms with Gasteiger partial charge in [0.2, 0.25) is 0 Å². The van der Waals surface area contributed by atoms with Crippen LogP contribution >= 0.6 is 35.0 Å². The van der Waals surface area contributed by atoms with Gasteiger partial charge in [-0.1, -0.05) is 71.7 Å². The third-order valence-electron chi connectivity index (χ3n) is 13.3. The van der Waals surface area contributed by atoms with Gasteiger partial charge in [0.15, 0.2) is 28.8 Å². The molecule has 13 nitrogen and oxygen atoms in total. The fourth-order valence-corrected chi connectivity index (χ4v) is 11.5. The second kappa shape index (κ2) is 21.0. The molecule has 1 aromatic heterocycles. The molecule has 0 unspecified atom stereocenters. The number of fused-ring (bicyclic) bond motifs is 3. The van der Waals surface area contributed by atoms with Crippen LogP contribution in [0.3, 0.4) is 0 Å². The summed E-state index contributed by atoms with van der Waals surface area (Å²) in [5.41, 5.74) is 3.09. The summed E-state index contributed by atoms with van der Waals surface area (Å²) < 4.78 is 50.7. The van der Waals surface area contributed by atoms with Crippen LogP contribution in [0.5, 0.6) is 17.2 Å². The van der Waals surface area contributed by atoms with E-state index < -0.39 is 35.4 Å². The van der Waals surface area contributed by atoms with Crippen LogP contribution in [0, 0.1) is 17.0 Å². The number of para-hydroxylation sites is 1. The van der Waals surface area contributed by atoms with Crippen molar-refractivity contribution in [3.05, 3.63) is 153 Å². The van der Waals surface area contributed by atoms with Crippen molar-refractivity contribution in [1.82, 2.24) is 9.80 Å². The number of hydrogen-bond donors (Lipinski definition) is 1. The van der Waals surface area contributed by atoms with Crippen molar-refractivity contribution in [3.63, 3.8) is 0 Å². The summed E-state index contributed by atoms with van der Waals surface area (Å²) in [4.78, 5) is 45.6. The average molecular weight is 1000 g/mol. The number of thioether (sulfide) groups is 1. The Hall–Kier alpha value is -5.81. The Kier molecular flexibility index (Phi) is 14.7. The number of carbonyl (C=O) groups excluding carboxylic acids is 2. The lowest BCUT2D eigenvalue weighted by molar-refractivity contribution is -0.605. The lowest BCUT2D eigenvalue weighted by Gasteiger charge is -2.44. The highest BCUT2D eigenvalue weighted by molar-refractivity contribution is 8.01. The number of carboxylic acid groups (broad SMARTS) is 1. The minimum absolute atomic E-state index is 0.00738. The van der Waals surface area contributed by atoms with Gasteiger partial charge in [-0.3, -0.25) is 14.6 Å². The number of aliphatic carboxylic acids is 1. The maximum atomic E-state index is 14.6. The Labute approximate surface area is 412 Å². The van der Waals surface area contributed by atoms with Crippen molar-refractivity contribution in [1.29, 1.82) is 0 Å². The number of ether oxygens (including phenoxy) is 4. The predicted octanol–water partition coefficient (Wildman–Crippen LogP) is 9.83. The molecule has 5 aromatic rings. The van der Waals surface area contributed by atoms with Gasteiger partial charge in [-0.05, 0) is 122 Å². The van der Waals surface area contributed by atoms with E-state index in [9.17, 15) is 33.5 Å². The summed E-state index contributed by atoms with van der Waals surface area (Å²) >= 11 is 14.2. The molecule has 362 valence electrons. The number of nitrogens with zero attached hydrogens (tertiary/aromatic N) is 4. The topological polar surface area (TPSA) is 145 Å². The molecule has 4 aromatic carbocycles. The molecule has 0 spiro atoms. The van der Waals surface area contributed by atoms with Crippen molar-refractivity contribution >= 4 is 58.6 Å². The van der Waals surface area contributed by atoms with Gasteiger partial charge < -0.3 is 34.2 Å². The van der Waals surface area contributed by atoms with E-state index in [4.69, 9.17) is 42.1 Å². The number of pyridine rings is 1. The van der Waals surface area contributed by atoms with Crippen LogP contribution in [0.15, 0.2) is 109 Å². The van der Waals surface area contributed by atoms with E-state index in [1.165, 1.54) is 23.1 Å². The Balaban J connectivity index is 0.931. The van der Waals surface area contributed by atoms with E-state index in [-0.39, 0.29) is 83.2 Å². The molecule has 5 fully saturated rings. The summed E-state index contributed by atoms with van der Waals surface area (Å²) in [6.45, 7) is 0.379. The van der Waals surface area contributed by atoms with Gasteiger partial charge in [-0.2, -0.15) is 13.5 Å². The fraction of sp³-hybridized carbons (Fsp3) is 0.373. The molecule has 0 radical (unpaired) electrons. The van der Waals surface area contributed by atoms with Crippen molar-refractivity contribution in [3.8, 4) is 17.2 Å². The van der Waals surface area contributed by atoms with Gasteiger partial charge in [-0.25, -0.2) is 9.59 Å². The largest absolute Gasteiger partial charge is 0.619 e. The smallest absolute Gasteiger partial charge is 0.414 e. The number of hydrogen-bond acceptors (Lipinski definition) is 10. The SMILES string of the molecule is O=C(O[C@H]1CN2CCC1CC2)N(Cc1cccc(OCc2ccc(C(=O)N3CCS[C@]3(C(=O)O)[C@@H](Cc3c(Cl)c[n+]([O-])cc3Cl)c3ccc(OC(F)F)c(OCC4CC4)c3)cc2)c1)c1ccccc1. The number of piperidine rings is 3. The number of halogens is 4. The summed E-state index contributed by atoms with van der Waals surface area (Å²) in [7, 11) is 0.